The minimum absolute atomic E-state index is 0.105. The third kappa shape index (κ3) is 2.69. The molecule has 13 heavy (non-hydrogen) atoms. The average Bonchev–Trinajstić information content (AvgIpc) is 2.09. The van der Waals surface area contributed by atoms with E-state index in [0.29, 0.717) is 5.92 Å². The number of primary amides is 1. The second kappa shape index (κ2) is 4.61. The summed E-state index contributed by atoms with van der Waals surface area (Å²) < 4.78 is 0. The standard InChI is InChI=1S/C10H20N2O/c1-3-9(10(11)13)8-4-6-12(2)7-5-8/h8-9H,3-7H2,1-2H3,(H2,11,13). The van der Waals surface area contributed by atoms with Gasteiger partial charge in [0.1, 0.15) is 0 Å². The molecule has 1 rings (SSSR count). The molecule has 2 N–H and O–H groups in total. The molecule has 0 aliphatic carbocycles. The van der Waals surface area contributed by atoms with Gasteiger partial charge in [-0.15, -0.1) is 0 Å². The minimum Gasteiger partial charge on any atom is -0.369 e. The Hall–Kier alpha value is -0.570. The lowest BCUT2D eigenvalue weighted by Gasteiger charge is -2.32. The number of hydrogen-bond donors (Lipinski definition) is 1. The Morgan fingerprint density at radius 3 is 2.46 bits per heavy atom. The van der Waals surface area contributed by atoms with Gasteiger partial charge in [-0.2, -0.15) is 0 Å². The quantitative estimate of drug-likeness (QED) is 0.706. The zero-order chi connectivity index (χ0) is 9.84. The third-order valence-corrected chi connectivity index (χ3v) is 3.14. The van der Waals surface area contributed by atoms with E-state index in [1.807, 2.05) is 6.92 Å². The summed E-state index contributed by atoms with van der Waals surface area (Å²) in [7, 11) is 2.13. The molecule has 0 aromatic carbocycles. The molecule has 0 bridgehead atoms. The average molecular weight is 184 g/mol. The van der Waals surface area contributed by atoms with Crippen molar-refractivity contribution in [3.05, 3.63) is 0 Å². The molecular formula is C10H20N2O. The van der Waals surface area contributed by atoms with Crippen LogP contribution in [0.3, 0.4) is 0 Å². The summed E-state index contributed by atoms with van der Waals surface area (Å²) in [4.78, 5) is 13.4. The monoisotopic (exact) mass is 184 g/mol. The van der Waals surface area contributed by atoms with Crippen molar-refractivity contribution in [2.45, 2.75) is 26.2 Å². The maximum absolute atomic E-state index is 11.1. The van der Waals surface area contributed by atoms with Crippen molar-refractivity contribution in [1.29, 1.82) is 0 Å². The maximum Gasteiger partial charge on any atom is 0.220 e. The summed E-state index contributed by atoms with van der Waals surface area (Å²) in [6, 6.07) is 0. The molecule has 1 saturated heterocycles. The number of hydrogen-bond acceptors (Lipinski definition) is 2. The SMILES string of the molecule is CCC(C(N)=O)C1CCN(C)CC1. The topological polar surface area (TPSA) is 46.3 Å². The summed E-state index contributed by atoms with van der Waals surface area (Å²) in [5.74, 6) is 0.518. The molecule has 0 saturated carbocycles. The van der Waals surface area contributed by atoms with E-state index in [9.17, 15) is 4.79 Å². The Morgan fingerprint density at radius 1 is 1.54 bits per heavy atom. The lowest BCUT2D eigenvalue weighted by Crippen LogP contribution is -2.37. The van der Waals surface area contributed by atoms with Crippen molar-refractivity contribution in [3.8, 4) is 0 Å². The fourth-order valence-corrected chi connectivity index (χ4v) is 2.20. The van der Waals surface area contributed by atoms with Gasteiger partial charge in [-0.25, -0.2) is 0 Å². The Morgan fingerprint density at radius 2 is 2.08 bits per heavy atom. The second-order valence-corrected chi connectivity index (χ2v) is 4.06. The van der Waals surface area contributed by atoms with Crippen molar-refractivity contribution in [1.82, 2.24) is 4.90 Å². The summed E-state index contributed by atoms with van der Waals surface area (Å²) in [6.07, 6.45) is 3.14. The molecule has 1 heterocycles. The van der Waals surface area contributed by atoms with Gasteiger partial charge < -0.3 is 10.6 Å². The van der Waals surface area contributed by atoms with Gasteiger partial charge in [0.05, 0.1) is 0 Å². The Kier molecular flexibility index (Phi) is 3.72. The van der Waals surface area contributed by atoms with Gasteiger partial charge in [0.25, 0.3) is 0 Å². The van der Waals surface area contributed by atoms with Crippen LogP contribution in [0.25, 0.3) is 0 Å². The molecule has 76 valence electrons. The first kappa shape index (κ1) is 10.5. The van der Waals surface area contributed by atoms with Gasteiger partial charge in [0, 0.05) is 5.92 Å². The number of carbonyl (C=O) groups excluding carboxylic acids is 1. The van der Waals surface area contributed by atoms with Gasteiger partial charge in [-0.1, -0.05) is 6.92 Å². The van der Waals surface area contributed by atoms with Crippen LogP contribution in [0, 0.1) is 11.8 Å². The fraction of sp³-hybridized carbons (Fsp3) is 0.900. The van der Waals surface area contributed by atoms with Gasteiger partial charge in [-0.05, 0) is 45.3 Å². The van der Waals surface area contributed by atoms with Crippen molar-refractivity contribution in [2.75, 3.05) is 20.1 Å². The number of nitrogens with zero attached hydrogens (tertiary/aromatic N) is 1. The summed E-state index contributed by atoms with van der Waals surface area (Å²) in [5, 5.41) is 0. The van der Waals surface area contributed by atoms with Crippen molar-refractivity contribution >= 4 is 5.91 Å². The summed E-state index contributed by atoms with van der Waals surface area (Å²) >= 11 is 0. The highest BCUT2D eigenvalue weighted by Gasteiger charge is 2.27. The van der Waals surface area contributed by atoms with Crippen LogP contribution in [0.2, 0.25) is 0 Å². The molecule has 1 aliphatic heterocycles. The predicted octanol–water partition coefficient (Wildman–Crippen LogP) is 0.840. The number of rotatable bonds is 3. The molecule has 0 spiro atoms. The van der Waals surface area contributed by atoms with Crippen molar-refractivity contribution < 1.29 is 4.79 Å². The van der Waals surface area contributed by atoms with Crippen LogP contribution in [0.15, 0.2) is 0 Å². The van der Waals surface area contributed by atoms with E-state index in [0.717, 1.165) is 32.4 Å². The van der Waals surface area contributed by atoms with E-state index in [1.54, 1.807) is 0 Å². The maximum atomic E-state index is 11.1. The normalized spacial score (nSPS) is 22.9. The van der Waals surface area contributed by atoms with Crippen LogP contribution in [-0.2, 0) is 4.79 Å². The van der Waals surface area contributed by atoms with E-state index in [2.05, 4.69) is 11.9 Å². The summed E-state index contributed by atoms with van der Waals surface area (Å²) in [5.41, 5.74) is 5.36. The van der Waals surface area contributed by atoms with E-state index in [1.165, 1.54) is 0 Å². The highest BCUT2D eigenvalue weighted by molar-refractivity contribution is 5.76. The van der Waals surface area contributed by atoms with Crippen LogP contribution < -0.4 is 5.73 Å². The van der Waals surface area contributed by atoms with Gasteiger partial charge in [0.2, 0.25) is 5.91 Å². The third-order valence-electron chi connectivity index (χ3n) is 3.14. The van der Waals surface area contributed by atoms with Crippen LogP contribution in [0.1, 0.15) is 26.2 Å². The van der Waals surface area contributed by atoms with Crippen LogP contribution in [0.5, 0.6) is 0 Å². The molecule has 1 aliphatic rings. The van der Waals surface area contributed by atoms with Gasteiger partial charge in [-0.3, -0.25) is 4.79 Å². The highest BCUT2D eigenvalue weighted by Crippen LogP contribution is 2.26. The number of piperidine rings is 1. The lowest BCUT2D eigenvalue weighted by molar-refractivity contribution is -0.124. The van der Waals surface area contributed by atoms with E-state index in [-0.39, 0.29) is 11.8 Å². The molecule has 1 fully saturated rings. The molecular weight excluding hydrogens is 164 g/mol. The fourth-order valence-electron chi connectivity index (χ4n) is 2.20. The number of amides is 1. The molecule has 1 amide bonds. The Balaban J connectivity index is 2.46. The van der Waals surface area contributed by atoms with E-state index < -0.39 is 0 Å². The second-order valence-electron chi connectivity index (χ2n) is 4.06. The molecule has 1 atom stereocenters. The van der Waals surface area contributed by atoms with Crippen LogP contribution in [0.4, 0.5) is 0 Å². The smallest absolute Gasteiger partial charge is 0.220 e. The van der Waals surface area contributed by atoms with Gasteiger partial charge >= 0.3 is 0 Å². The van der Waals surface area contributed by atoms with Crippen LogP contribution >= 0.6 is 0 Å². The van der Waals surface area contributed by atoms with E-state index >= 15 is 0 Å². The van der Waals surface area contributed by atoms with Gasteiger partial charge in [0.15, 0.2) is 0 Å². The Labute approximate surface area is 80.3 Å². The Bertz CT molecular complexity index is 174. The molecule has 3 nitrogen and oxygen atoms in total. The van der Waals surface area contributed by atoms with Crippen LogP contribution in [-0.4, -0.2) is 30.9 Å². The van der Waals surface area contributed by atoms with Crippen molar-refractivity contribution in [2.24, 2.45) is 17.6 Å². The molecule has 3 heteroatoms. The van der Waals surface area contributed by atoms with E-state index in [4.69, 9.17) is 5.73 Å². The first-order chi connectivity index (χ1) is 6.15. The lowest BCUT2D eigenvalue weighted by atomic mass is 9.82. The molecule has 0 aromatic rings. The first-order valence-corrected chi connectivity index (χ1v) is 5.13. The van der Waals surface area contributed by atoms with Crippen molar-refractivity contribution in [3.63, 3.8) is 0 Å². The molecule has 0 radical (unpaired) electrons. The number of nitrogens with two attached hydrogens (primary N) is 1. The predicted molar refractivity (Wildman–Crippen MR) is 53.2 cm³/mol. The highest BCUT2D eigenvalue weighted by atomic mass is 16.1. The zero-order valence-electron chi connectivity index (χ0n) is 8.62. The zero-order valence-corrected chi connectivity index (χ0v) is 8.62. The summed E-state index contributed by atoms with van der Waals surface area (Å²) in [6.45, 7) is 4.26. The number of carbonyl (C=O) groups is 1. The molecule has 0 aromatic heterocycles. The first-order valence-electron chi connectivity index (χ1n) is 5.13. The minimum atomic E-state index is -0.114. The molecule has 1 unspecified atom stereocenters. The largest absolute Gasteiger partial charge is 0.369 e. The number of likely N-dealkylation sites (tertiary alicyclic amines) is 1.